The molecular weight excluding hydrogens is 677 g/mol. The molecule has 0 unspecified atom stereocenters. The van der Waals surface area contributed by atoms with E-state index in [4.69, 9.17) is 0 Å². The highest BCUT2D eigenvalue weighted by atomic mass is 32.2. The fourth-order valence-corrected chi connectivity index (χ4v) is 8.12. The first-order valence-electron chi connectivity index (χ1n) is 14.8. The third-order valence-corrected chi connectivity index (χ3v) is 11.5. The fraction of sp³-hybridized carbons (Fsp3) is 0.105. The normalized spacial score (nSPS) is 11.0. The molecule has 0 spiro atoms. The number of benzene rings is 5. The molecule has 0 saturated carbocycles. The predicted molar refractivity (Wildman–Crippen MR) is 199 cm³/mol. The van der Waals surface area contributed by atoms with Crippen LogP contribution in [0.15, 0.2) is 141 Å². The lowest BCUT2D eigenvalue weighted by Crippen LogP contribution is -2.13. The van der Waals surface area contributed by atoms with Gasteiger partial charge >= 0.3 is 0 Å². The second-order valence-corrected chi connectivity index (χ2v) is 16.0. The molecule has 0 heterocycles. The van der Waals surface area contributed by atoms with Gasteiger partial charge in [-0.15, -0.1) is 23.5 Å². The molecule has 0 fully saturated rings. The Morgan fingerprint density at radius 1 is 0.500 bits per heavy atom. The SMILES string of the molecule is Cc1ccc(S(=O)(=O)Nc2ccccc2SCC#Cc2ccc(C#CCSc3ccccc3NS(=O)(=O)c3ccc(C)cc3)cc2)cc1. The van der Waals surface area contributed by atoms with Gasteiger partial charge in [-0.25, -0.2) is 16.8 Å². The van der Waals surface area contributed by atoms with Crippen molar-refractivity contribution < 1.29 is 16.8 Å². The van der Waals surface area contributed by atoms with Crippen molar-refractivity contribution in [2.24, 2.45) is 0 Å². The molecule has 6 nitrogen and oxygen atoms in total. The zero-order chi connectivity index (χ0) is 34.0. The number of aryl methyl sites for hydroxylation is 2. The maximum atomic E-state index is 12.9. The van der Waals surface area contributed by atoms with Crippen LogP contribution in [0.25, 0.3) is 0 Å². The first-order valence-corrected chi connectivity index (χ1v) is 19.7. The van der Waals surface area contributed by atoms with Gasteiger partial charge in [0, 0.05) is 20.9 Å². The number of thioether (sulfide) groups is 2. The van der Waals surface area contributed by atoms with Crippen molar-refractivity contribution >= 4 is 54.9 Å². The van der Waals surface area contributed by atoms with Crippen molar-refractivity contribution in [2.45, 2.75) is 33.4 Å². The molecule has 10 heteroatoms. The van der Waals surface area contributed by atoms with Crippen LogP contribution in [0.3, 0.4) is 0 Å². The standard InChI is InChI=1S/C38H32N2O4S4/c1-29-15-23-33(24-16-29)47(41,42)39-35-11-3-5-13-37(35)45-27-7-9-31-19-21-32(22-20-31)10-8-28-46-38-14-6-4-12-36(38)40-48(43,44)34-25-17-30(2)18-26-34/h3-6,11-26,39-40H,27-28H2,1-2H3. The molecule has 0 saturated heterocycles. The number of sulfonamides is 2. The van der Waals surface area contributed by atoms with E-state index < -0.39 is 20.0 Å². The van der Waals surface area contributed by atoms with Crippen molar-refractivity contribution in [3.8, 4) is 23.7 Å². The van der Waals surface area contributed by atoms with E-state index in [0.29, 0.717) is 22.9 Å². The van der Waals surface area contributed by atoms with Crippen LogP contribution in [0, 0.1) is 37.5 Å². The number of rotatable bonds is 10. The van der Waals surface area contributed by atoms with Crippen molar-refractivity contribution in [3.63, 3.8) is 0 Å². The fourth-order valence-electron chi connectivity index (χ4n) is 4.34. The average molecular weight is 709 g/mol. The van der Waals surface area contributed by atoms with Crippen molar-refractivity contribution in [1.29, 1.82) is 0 Å². The molecule has 0 aliphatic rings. The largest absolute Gasteiger partial charge is 0.278 e. The predicted octanol–water partition coefficient (Wildman–Crippen LogP) is 8.19. The minimum atomic E-state index is -3.71. The van der Waals surface area contributed by atoms with Crippen LogP contribution in [0.2, 0.25) is 0 Å². The van der Waals surface area contributed by atoms with E-state index in [1.165, 1.54) is 23.5 Å². The van der Waals surface area contributed by atoms with E-state index in [1.807, 2.05) is 62.4 Å². The Labute approximate surface area is 291 Å². The lowest BCUT2D eigenvalue weighted by Gasteiger charge is -2.11. The zero-order valence-electron chi connectivity index (χ0n) is 26.2. The molecule has 0 bridgehead atoms. The van der Waals surface area contributed by atoms with E-state index in [2.05, 4.69) is 33.1 Å². The maximum absolute atomic E-state index is 12.9. The minimum absolute atomic E-state index is 0.212. The number of hydrogen-bond donors (Lipinski definition) is 2. The summed E-state index contributed by atoms with van der Waals surface area (Å²) in [5.74, 6) is 13.6. The van der Waals surface area contributed by atoms with Gasteiger partial charge in [0.25, 0.3) is 20.0 Å². The van der Waals surface area contributed by atoms with E-state index in [1.54, 1.807) is 72.8 Å². The van der Waals surface area contributed by atoms with Crippen LogP contribution in [0.4, 0.5) is 11.4 Å². The highest BCUT2D eigenvalue weighted by Crippen LogP contribution is 2.30. The molecular formula is C38H32N2O4S4. The lowest BCUT2D eigenvalue weighted by molar-refractivity contribution is 0.599. The molecule has 0 aliphatic heterocycles. The van der Waals surface area contributed by atoms with E-state index in [9.17, 15) is 16.8 Å². The van der Waals surface area contributed by atoms with Crippen molar-refractivity contribution in [3.05, 3.63) is 144 Å². The Balaban J connectivity index is 1.14. The first-order chi connectivity index (χ1) is 23.1. The molecule has 0 aliphatic carbocycles. The van der Waals surface area contributed by atoms with Gasteiger partial charge in [0.1, 0.15) is 0 Å². The molecule has 242 valence electrons. The second-order valence-electron chi connectivity index (χ2n) is 10.6. The molecule has 2 N–H and O–H groups in total. The number of hydrogen-bond acceptors (Lipinski definition) is 6. The Morgan fingerprint density at radius 2 is 0.854 bits per heavy atom. The third-order valence-electron chi connectivity index (χ3n) is 6.88. The summed E-state index contributed by atoms with van der Waals surface area (Å²) in [5.41, 5.74) is 4.69. The summed E-state index contributed by atoms with van der Waals surface area (Å²) in [6.07, 6.45) is 0. The van der Waals surface area contributed by atoms with Gasteiger partial charge < -0.3 is 0 Å². The molecule has 5 aromatic rings. The summed E-state index contributed by atoms with van der Waals surface area (Å²) in [5, 5.41) is 0. The summed E-state index contributed by atoms with van der Waals surface area (Å²) in [7, 11) is -7.42. The molecule has 0 radical (unpaired) electrons. The van der Waals surface area contributed by atoms with E-state index >= 15 is 0 Å². The van der Waals surface area contributed by atoms with Crippen LogP contribution < -0.4 is 9.44 Å². The van der Waals surface area contributed by atoms with Crippen LogP contribution >= 0.6 is 23.5 Å². The summed E-state index contributed by atoms with van der Waals surface area (Å²) < 4.78 is 56.9. The highest BCUT2D eigenvalue weighted by Gasteiger charge is 2.17. The first kappa shape index (κ1) is 34.7. The quantitative estimate of drug-likeness (QED) is 0.112. The van der Waals surface area contributed by atoms with Gasteiger partial charge in [-0.05, 0) is 86.6 Å². The van der Waals surface area contributed by atoms with Gasteiger partial charge in [0.05, 0.1) is 32.7 Å². The Kier molecular flexibility index (Phi) is 11.6. The molecule has 5 rings (SSSR count). The van der Waals surface area contributed by atoms with Crippen molar-refractivity contribution in [2.75, 3.05) is 20.9 Å². The van der Waals surface area contributed by atoms with Crippen LogP contribution in [0.5, 0.6) is 0 Å². The molecule has 0 atom stereocenters. The van der Waals surface area contributed by atoms with Gasteiger partial charge in [0.15, 0.2) is 0 Å². The number of anilines is 2. The lowest BCUT2D eigenvalue weighted by atomic mass is 10.1. The van der Waals surface area contributed by atoms with Gasteiger partial charge in [0.2, 0.25) is 0 Å². The van der Waals surface area contributed by atoms with Crippen molar-refractivity contribution in [1.82, 2.24) is 0 Å². The molecule has 0 aromatic heterocycles. The van der Waals surface area contributed by atoms with Crippen LogP contribution in [-0.4, -0.2) is 28.3 Å². The summed E-state index contributed by atoms with van der Waals surface area (Å²) in [6.45, 7) is 3.82. The Morgan fingerprint density at radius 3 is 1.23 bits per heavy atom. The van der Waals surface area contributed by atoms with E-state index in [0.717, 1.165) is 32.0 Å². The Hall–Kier alpha value is -4.58. The maximum Gasteiger partial charge on any atom is 0.261 e. The minimum Gasteiger partial charge on any atom is -0.278 e. The number of nitrogens with one attached hydrogen (secondary N) is 2. The van der Waals surface area contributed by atoms with Crippen LogP contribution in [-0.2, 0) is 20.0 Å². The third kappa shape index (κ3) is 9.72. The van der Waals surface area contributed by atoms with E-state index in [-0.39, 0.29) is 9.79 Å². The van der Waals surface area contributed by atoms with Gasteiger partial charge in [-0.2, -0.15) is 0 Å². The molecule has 0 amide bonds. The summed E-state index contributed by atoms with van der Waals surface area (Å²) in [4.78, 5) is 2.00. The smallest absolute Gasteiger partial charge is 0.261 e. The second kappa shape index (κ2) is 16.0. The van der Waals surface area contributed by atoms with Crippen LogP contribution in [0.1, 0.15) is 22.3 Å². The summed E-state index contributed by atoms with van der Waals surface area (Å²) >= 11 is 2.92. The average Bonchev–Trinajstić information content (AvgIpc) is 3.07. The topological polar surface area (TPSA) is 92.3 Å². The molecule has 48 heavy (non-hydrogen) atoms. The Bertz CT molecular complexity index is 2070. The van der Waals surface area contributed by atoms with Gasteiger partial charge in [-0.3, -0.25) is 9.44 Å². The summed E-state index contributed by atoms with van der Waals surface area (Å²) in [6, 6.07) is 35.7. The monoisotopic (exact) mass is 708 g/mol. The molecule has 5 aromatic carbocycles. The zero-order valence-corrected chi connectivity index (χ0v) is 29.5. The highest BCUT2D eigenvalue weighted by molar-refractivity contribution is 8.00. The van der Waals surface area contributed by atoms with Gasteiger partial charge in [-0.1, -0.05) is 83.3 Å². The number of para-hydroxylation sites is 2.